The van der Waals surface area contributed by atoms with Crippen LogP contribution >= 0.6 is 0 Å². The molecule has 2 aliphatic rings. The van der Waals surface area contributed by atoms with Gasteiger partial charge in [-0.3, -0.25) is 9.69 Å². The zero-order valence-electron chi connectivity index (χ0n) is 19.9. The van der Waals surface area contributed by atoms with Crippen LogP contribution in [0.2, 0.25) is 0 Å². The second kappa shape index (κ2) is 10.6. The van der Waals surface area contributed by atoms with Crippen molar-refractivity contribution in [2.75, 3.05) is 37.6 Å². The van der Waals surface area contributed by atoms with Crippen LogP contribution in [0.3, 0.4) is 0 Å². The first-order valence-electron chi connectivity index (χ1n) is 12.3. The number of hydrogen-bond donors (Lipinski definition) is 0. The van der Waals surface area contributed by atoms with E-state index >= 15 is 0 Å². The number of anilines is 1. The van der Waals surface area contributed by atoms with Crippen LogP contribution in [0.25, 0.3) is 0 Å². The fourth-order valence-corrected chi connectivity index (χ4v) is 5.21. The molecule has 1 fully saturated rings. The van der Waals surface area contributed by atoms with Crippen LogP contribution in [-0.2, 0) is 11.2 Å². The SMILES string of the molecule is N#C/C(=C/N1CCN(C(c2ccccc2)c2ccccc2)CC1)C(=O)N1CCCc2ccccc21. The number of fused-ring (bicyclic) bond motifs is 1. The second-order valence-electron chi connectivity index (χ2n) is 9.14. The topological polar surface area (TPSA) is 50.6 Å². The van der Waals surface area contributed by atoms with E-state index in [0.717, 1.165) is 44.7 Å². The minimum atomic E-state index is -0.200. The van der Waals surface area contributed by atoms with Gasteiger partial charge in [-0.05, 0) is 35.6 Å². The lowest BCUT2D eigenvalue weighted by Crippen LogP contribution is -2.46. The summed E-state index contributed by atoms with van der Waals surface area (Å²) in [5.74, 6) is -0.200. The Morgan fingerprint density at radius 3 is 2.03 bits per heavy atom. The van der Waals surface area contributed by atoms with Crippen molar-refractivity contribution >= 4 is 11.6 Å². The number of nitrogens with zero attached hydrogens (tertiary/aromatic N) is 4. The maximum Gasteiger partial charge on any atom is 0.270 e. The van der Waals surface area contributed by atoms with Crippen molar-refractivity contribution in [3.63, 3.8) is 0 Å². The van der Waals surface area contributed by atoms with Crippen molar-refractivity contribution in [1.29, 1.82) is 5.26 Å². The number of amides is 1. The van der Waals surface area contributed by atoms with Gasteiger partial charge in [0.2, 0.25) is 0 Å². The molecule has 0 unspecified atom stereocenters. The number of hydrogen-bond acceptors (Lipinski definition) is 4. The smallest absolute Gasteiger partial charge is 0.270 e. The lowest BCUT2D eigenvalue weighted by molar-refractivity contribution is -0.114. The predicted octanol–water partition coefficient (Wildman–Crippen LogP) is 4.78. The summed E-state index contributed by atoms with van der Waals surface area (Å²) >= 11 is 0. The van der Waals surface area contributed by atoms with Gasteiger partial charge in [0, 0.05) is 44.6 Å². The Kier molecular flexibility index (Phi) is 6.92. The Labute approximate surface area is 207 Å². The minimum Gasteiger partial charge on any atom is -0.374 e. The molecule has 5 heteroatoms. The van der Waals surface area contributed by atoms with Crippen LogP contribution < -0.4 is 4.90 Å². The first kappa shape index (κ1) is 22.9. The van der Waals surface area contributed by atoms with Crippen LogP contribution in [0.15, 0.2) is 96.7 Å². The second-order valence-corrected chi connectivity index (χ2v) is 9.14. The number of nitriles is 1. The molecule has 0 N–H and O–H groups in total. The quantitative estimate of drug-likeness (QED) is 0.404. The average molecular weight is 463 g/mol. The van der Waals surface area contributed by atoms with E-state index in [9.17, 15) is 10.1 Å². The fourth-order valence-electron chi connectivity index (χ4n) is 5.21. The highest BCUT2D eigenvalue weighted by Gasteiger charge is 2.28. The molecular formula is C30H30N4O. The summed E-state index contributed by atoms with van der Waals surface area (Å²) in [6, 6.07) is 31.6. The summed E-state index contributed by atoms with van der Waals surface area (Å²) in [5, 5.41) is 9.84. The molecule has 0 atom stereocenters. The van der Waals surface area contributed by atoms with E-state index in [1.165, 1.54) is 16.7 Å². The van der Waals surface area contributed by atoms with Crippen molar-refractivity contribution in [2.24, 2.45) is 0 Å². The molecule has 1 saturated heterocycles. The van der Waals surface area contributed by atoms with Crippen LogP contribution in [0.4, 0.5) is 5.69 Å². The van der Waals surface area contributed by atoms with Gasteiger partial charge >= 0.3 is 0 Å². The number of carbonyl (C=O) groups is 1. The fraction of sp³-hybridized carbons (Fsp3) is 0.267. The van der Waals surface area contributed by atoms with Gasteiger partial charge in [-0.25, -0.2) is 0 Å². The molecule has 5 nitrogen and oxygen atoms in total. The minimum absolute atomic E-state index is 0.186. The predicted molar refractivity (Wildman–Crippen MR) is 139 cm³/mol. The summed E-state index contributed by atoms with van der Waals surface area (Å²) in [4.78, 5) is 19.7. The molecule has 0 radical (unpaired) electrons. The zero-order valence-corrected chi connectivity index (χ0v) is 19.9. The van der Waals surface area contributed by atoms with Crippen LogP contribution in [0.5, 0.6) is 0 Å². The third kappa shape index (κ3) is 4.99. The molecule has 1 amide bonds. The molecule has 3 aromatic carbocycles. The van der Waals surface area contributed by atoms with Gasteiger partial charge in [0.15, 0.2) is 0 Å². The molecule has 3 aromatic rings. The molecule has 0 bridgehead atoms. The van der Waals surface area contributed by atoms with Gasteiger partial charge in [0.1, 0.15) is 11.6 Å². The molecular weight excluding hydrogens is 432 g/mol. The highest BCUT2D eigenvalue weighted by atomic mass is 16.2. The monoisotopic (exact) mass is 462 g/mol. The van der Waals surface area contributed by atoms with E-state index in [1.54, 1.807) is 11.1 Å². The Morgan fingerprint density at radius 1 is 0.800 bits per heavy atom. The Bertz CT molecular complexity index is 1180. The third-order valence-corrected chi connectivity index (χ3v) is 6.96. The summed E-state index contributed by atoms with van der Waals surface area (Å²) < 4.78 is 0. The van der Waals surface area contributed by atoms with Crippen molar-refractivity contribution in [3.05, 3.63) is 113 Å². The molecule has 0 aliphatic carbocycles. The third-order valence-electron chi connectivity index (χ3n) is 6.96. The standard InChI is InChI=1S/C30H30N4O/c31-22-27(30(35)34-17-9-15-24-10-7-8-16-28(24)34)23-32-18-20-33(21-19-32)29(25-11-3-1-4-12-25)26-13-5-2-6-14-26/h1-8,10-14,16,23,29H,9,15,17-21H2/b27-23-. The zero-order chi connectivity index (χ0) is 24.0. The van der Waals surface area contributed by atoms with Gasteiger partial charge < -0.3 is 9.80 Å². The number of benzene rings is 3. The molecule has 176 valence electrons. The number of carbonyl (C=O) groups excluding carboxylic acids is 1. The highest BCUT2D eigenvalue weighted by Crippen LogP contribution is 2.30. The largest absolute Gasteiger partial charge is 0.374 e. The molecule has 0 saturated carbocycles. The molecule has 0 aromatic heterocycles. The van der Waals surface area contributed by atoms with Crippen LogP contribution in [0.1, 0.15) is 29.2 Å². The van der Waals surface area contributed by atoms with E-state index in [0.29, 0.717) is 6.54 Å². The van der Waals surface area contributed by atoms with Crippen molar-refractivity contribution in [1.82, 2.24) is 9.80 Å². The van der Waals surface area contributed by atoms with Gasteiger partial charge in [-0.2, -0.15) is 5.26 Å². The summed E-state index contributed by atoms with van der Waals surface area (Å²) in [6.45, 7) is 3.89. The van der Waals surface area contributed by atoms with E-state index in [1.807, 2.05) is 18.2 Å². The number of rotatable bonds is 5. The van der Waals surface area contributed by atoms with E-state index < -0.39 is 0 Å². The maximum atomic E-state index is 13.3. The van der Waals surface area contributed by atoms with Crippen molar-refractivity contribution in [3.8, 4) is 6.07 Å². The van der Waals surface area contributed by atoms with Crippen LogP contribution in [0, 0.1) is 11.3 Å². The lowest BCUT2D eigenvalue weighted by atomic mass is 9.96. The number of para-hydroxylation sites is 1. The Balaban J connectivity index is 1.31. The molecule has 2 heterocycles. The van der Waals surface area contributed by atoms with Gasteiger partial charge in [0.05, 0.1) is 6.04 Å². The van der Waals surface area contributed by atoms with E-state index in [2.05, 4.69) is 82.6 Å². The molecule has 0 spiro atoms. The lowest BCUT2D eigenvalue weighted by Gasteiger charge is -2.39. The van der Waals surface area contributed by atoms with E-state index in [-0.39, 0.29) is 17.5 Å². The number of aryl methyl sites for hydroxylation is 1. The Hall–Kier alpha value is -3.88. The molecule has 35 heavy (non-hydrogen) atoms. The molecule has 2 aliphatic heterocycles. The summed E-state index contributed by atoms with van der Waals surface area (Å²) in [5.41, 5.74) is 4.87. The molecule has 5 rings (SSSR count). The summed E-state index contributed by atoms with van der Waals surface area (Å²) in [6.07, 6.45) is 3.66. The average Bonchev–Trinajstić information content (AvgIpc) is 2.93. The first-order valence-corrected chi connectivity index (χ1v) is 12.3. The van der Waals surface area contributed by atoms with Crippen LogP contribution in [-0.4, -0.2) is 48.4 Å². The van der Waals surface area contributed by atoms with Gasteiger partial charge in [-0.15, -0.1) is 0 Å². The highest BCUT2D eigenvalue weighted by molar-refractivity contribution is 6.08. The first-order chi connectivity index (χ1) is 17.2. The summed E-state index contributed by atoms with van der Waals surface area (Å²) in [7, 11) is 0. The van der Waals surface area contributed by atoms with Crippen molar-refractivity contribution < 1.29 is 4.79 Å². The van der Waals surface area contributed by atoms with Gasteiger partial charge in [0.25, 0.3) is 5.91 Å². The number of piperazine rings is 1. The van der Waals surface area contributed by atoms with E-state index in [4.69, 9.17) is 0 Å². The normalized spacial score (nSPS) is 16.6. The maximum absolute atomic E-state index is 13.3. The van der Waals surface area contributed by atoms with Gasteiger partial charge in [-0.1, -0.05) is 78.9 Å². The Morgan fingerprint density at radius 2 is 1.40 bits per heavy atom. The van der Waals surface area contributed by atoms with Crippen molar-refractivity contribution in [2.45, 2.75) is 18.9 Å².